The Labute approximate surface area is 132 Å². The van der Waals surface area contributed by atoms with Crippen molar-refractivity contribution in [1.82, 2.24) is 14.5 Å². The van der Waals surface area contributed by atoms with Crippen LogP contribution in [-0.4, -0.2) is 14.5 Å². The molecule has 0 radical (unpaired) electrons. The van der Waals surface area contributed by atoms with Crippen LogP contribution in [-0.2, 0) is 6.54 Å². The maximum absolute atomic E-state index is 6.31. The minimum atomic E-state index is 0.712. The van der Waals surface area contributed by atoms with Gasteiger partial charge in [0.05, 0.1) is 5.52 Å². The fourth-order valence-corrected chi connectivity index (χ4v) is 3.07. The fourth-order valence-electron chi connectivity index (χ4n) is 2.61. The van der Waals surface area contributed by atoms with Crippen LogP contribution in [0, 0.1) is 6.92 Å². The summed E-state index contributed by atoms with van der Waals surface area (Å²) in [6.45, 7) is 5.01. The highest BCUT2D eigenvalue weighted by molar-refractivity contribution is 9.10. The number of hydrogen-bond acceptors (Lipinski definition) is 3. The molecule has 1 aromatic carbocycles. The number of benzene rings is 1. The van der Waals surface area contributed by atoms with Crippen molar-refractivity contribution in [2.45, 2.75) is 26.8 Å². The Kier molecular flexibility index (Phi) is 3.68. The summed E-state index contributed by atoms with van der Waals surface area (Å²) in [5.41, 5.74) is 9.02. The molecule has 3 aromatic rings. The molecule has 4 nitrogen and oxygen atoms in total. The molecule has 108 valence electrons. The molecule has 0 spiro atoms. The van der Waals surface area contributed by atoms with Crippen molar-refractivity contribution < 1.29 is 0 Å². The van der Waals surface area contributed by atoms with Gasteiger partial charge in [-0.05, 0) is 31.5 Å². The molecule has 0 aliphatic carbocycles. The zero-order valence-electron chi connectivity index (χ0n) is 12.1. The van der Waals surface area contributed by atoms with E-state index < -0.39 is 0 Å². The van der Waals surface area contributed by atoms with Gasteiger partial charge >= 0.3 is 0 Å². The van der Waals surface area contributed by atoms with Crippen LogP contribution in [0.5, 0.6) is 0 Å². The van der Waals surface area contributed by atoms with E-state index in [-0.39, 0.29) is 0 Å². The molecular formula is C16H17BrN4. The van der Waals surface area contributed by atoms with Crippen molar-refractivity contribution in [3.63, 3.8) is 0 Å². The highest BCUT2D eigenvalue weighted by atomic mass is 79.9. The number of nitrogens with two attached hydrogens (primary N) is 1. The van der Waals surface area contributed by atoms with Crippen LogP contribution in [0.2, 0.25) is 0 Å². The van der Waals surface area contributed by atoms with Crippen LogP contribution in [0.4, 0.5) is 5.82 Å². The number of aromatic nitrogens is 3. The molecule has 0 unspecified atom stereocenters. The summed E-state index contributed by atoms with van der Waals surface area (Å²) in [5.74, 6) is 1.65. The average Bonchev–Trinajstić information content (AvgIpc) is 2.77. The van der Waals surface area contributed by atoms with Crippen molar-refractivity contribution in [1.29, 1.82) is 0 Å². The van der Waals surface area contributed by atoms with Crippen LogP contribution in [0.1, 0.15) is 19.2 Å². The van der Waals surface area contributed by atoms with E-state index >= 15 is 0 Å². The number of nitrogens with zero attached hydrogens (tertiary/aromatic N) is 3. The lowest BCUT2D eigenvalue weighted by Crippen LogP contribution is -2.04. The molecule has 0 atom stereocenters. The summed E-state index contributed by atoms with van der Waals surface area (Å²) >= 11 is 3.57. The summed E-state index contributed by atoms with van der Waals surface area (Å²) in [5, 5.41) is 1.07. The second kappa shape index (κ2) is 5.48. The summed E-state index contributed by atoms with van der Waals surface area (Å²) in [6, 6.07) is 8.02. The maximum atomic E-state index is 6.31. The van der Waals surface area contributed by atoms with Gasteiger partial charge in [0, 0.05) is 28.2 Å². The molecule has 0 bridgehead atoms. The van der Waals surface area contributed by atoms with Gasteiger partial charge in [-0.1, -0.05) is 28.9 Å². The number of nitrogen functional groups attached to an aromatic ring is 1. The van der Waals surface area contributed by atoms with Gasteiger partial charge in [-0.25, -0.2) is 4.98 Å². The van der Waals surface area contributed by atoms with Crippen LogP contribution in [0.3, 0.4) is 0 Å². The highest BCUT2D eigenvalue weighted by Gasteiger charge is 2.16. The molecule has 0 aliphatic heterocycles. The number of anilines is 1. The Morgan fingerprint density at radius 1 is 1.29 bits per heavy atom. The summed E-state index contributed by atoms with van der Waals surface area (Å²) in [4.78, 5) is 9.17. The molecule has 2 heterocycles. The predicted octanol–water partition coefficient (Wildman–Crippen LogP) is 4.16. The van der Waals surface area contributed by atoms with E-state index in [1.165, 1.54) is 0 Å². The van der Waals surface area contributed by atoms with Crippen molar-refractivity contribution in [2.24, 2.45) is 0 Å². The quantitative estimate of drug-likeness (QED) is 0.775. The van der Waals surface area contributed by atoms with Crippen molar-refractivity contribution >= 4 is 32.7 Å². The first-order chi connectivity index (χ1) is 10.1. The number of halogens is 1. The topological polar surface area (TPSA) is 56.7 Å². The van der Waals surface area contributed by atoms with E-state index in [1.54, 1.807) is 6.20 Å². The Morgan fingerprint density at radius 2 is 2.10 bits per heavy atom. The molecule has 21 heavy (non-hydrogen) atoms. The van der Waals surface area contributed by atoms with Crippen LogP contribution in [0.25, 0.3) is 22.2 Å². The van der Waals surface area contributed by atoms with Gasteiger partial charge < -0.3 is 10.3 Å². The van der Waals surface area contributed by atoms with E-state index in [2.05, 4.69) is 37.4 Å². The zero-order valence-corrected chi connectivity index (χ0v) is 13.7. The number of pyridine rings is 1. The largest absolute Gasteiger partial charge is 0.383 e. The molecule has 2 N–H and O–H groups in total. The van der Waals surface area contributed by atoms with Gasteiger partial charge in [-0.2, -0.15) is 0 Å². The second-order valence-corrected chi connectivity index (χ2v) is 5.89. The van der Waals surface area contributed by atoms with Gasteiger partial charge in [0.2, 0.25) is 0 Å². The standard InChI is InChI=1S/C16H17BrN4/c1-3-9-21-10(2)20-15(16(21)18)12-6-7-13(17)11-5-4-8-19-14(11)12/h4-8H,3,9,18H2,1-2H3. The number of rotatable bonds is 3. The SMILES string of the molecule is CCCn1c(C)nc(-c2ccc(Br)c3cccnc23)c1N. The van der Waals surface area contributed by atoms with Crippen LogP contribution in [0.15, 0.2) is 34.9 Å². The van der Waals surface area contributed by atoms with Gasteiger partial charge in [0.1, 0.15) is 17.3 Å². The number of aryl methyl sites for hydroxylation is 1. The number of imidazole rings is 1. The van der Waals surface area contributed by atoms with E-state index in [9.17, 15) is 0 Å². The first-order valence-electron chi connectivity index (χ1n) is 6.99. The molecule has 0 saturated heterocycles. The summed E-state index contributed by atoms with van der Waals surface area (Å²) in [7, 11) is 0. The lowest BCUT2D eigenvalue weighted by Gasteiger charge is -2.08. The first-order valence-corrected chi connectivity index (χ1v) is 7.79. The molecule has 0 amide bonds. The predicted molar refractivity (Wildman–Crippen MR) is 90.1 cm³/mol. The molecule has 0 saturated carbocycles. The minimum absolute atomic E-state index is 0.712. The molecule has 0 aliphatic rings. The van der Waals surface area contributed by atoms with Gasteiger partial charge in [0.25, 0.3) is 0 Å². The Balaban J connectivity index is 2.27. The number of hydrogen-bond donors (Lipinski definition) is 1. The molecule has 0 fully saturated rings. The van der Waals surface area contributed by atoms with E-state index in [1.807, 2.05) is 31.2 Å². The zero-order chi connectivity index (χ0) is 15.0. The van der Waals surface area contributed by atoms with Crippen LogP contribution < -0.4 is 5.73 Å². The van der Waals surface area contributed by atoms with Crippen molar-refractivity contribution in [3.05, 3.63) is 40.8 Å². The minimum Gasteiger partial charge on any atom is -0.383 e. The van der Waals surface area contributed by atoms with Crippen LogP contribution >= 0.6 is 15.9 Å². The highest BCUT2D eigenvalue weighted by Crippen LogP contribution is 2.34. The fraction of sp³-hybridized carbons (Fsp3) is 0.250. The van der Waals surface area contributed by atoms with E-state index in [0.29, 0.717) is 5.82 Å². The molecule has 5 heteroatoms. The van der Waals surface area contributed by atoms with Gasteiger partial charge in [0.15, 0.2) is 0 Å². The lowest BCUT2D eigenvalue weighted by atomic mass is 10.1. The average molecular weight is 345 g/mol. The molecule has 2 aromatic heterocycles. The Bertz CT molecular complexity index is 807. The lowest BCUT2D eigenvalue weighted by molar-refractivity contribution is 0.665. The summed E-state index contributed by atoms with van der Waals surface area (Å²) < 4.78 is 3.09. The Hall–Kier alpha value is -1.88. The van der Waals surface area contributed by atoms with E-state index in [4.69, 9.17) is 5.73 Å². The number of fused-ring (bicyclic) bond motifs is 1. The van der Waals surface area contributed by atoms with Crippen molar-refractivity contribution in [3.8, 4) is 11.3 Å². The van der Waals surface area contributed by atoms with Gasteiger partial charge in [-0.3, -0.25) is 4.98 Å². The Morgan fingerprint density at radius 3 is 2.86 bits per heavy atom. The molecule has 3 rings (SSSR count). The molecular weight excluding hydrogens is 328 g/mol. The third-order valence-electron chi connectivity index (χ3n) is 3.62. The smallest absolute Gasteiger partial charge is 0.131 e. The van der Waals surface area contributed by atoms with Crippen molar-refractivity contribution in [2.75, 3.05) is 5.73 Å². The van der Waals surface area contributed by atoms with Gasteiger partial charge in [-0.15, -0.1) is 0 Å². The third-order valence-corrected chi connectivity index (χ3v) is 4.31. The first kappa shape index (κ1) is 14.1. The summed E-state index contributed by atoms with van der Waals surface area (Å²) in [6.07, 6.45) is 2.82. The monoisotopic (exact) mass is 344 g/mol. The maximum Gasteiger partial charge on any atom is 0.131 e. The third kappa shape index (κ3) is 2.31. The van der Waals surface area contributed by atoms with E-state index in [0.717, 1.165) is 45.4 Å². The normalized spacial score (nSPS) is 11.2. The second-order valence-electron chi connectivity index (χ2n) is 5.04.